The number of ether oxygens (including phenoxy) is 4. The van der Waals surface area contributed by atoms with Gasteiger partial charge in [-0.25, -0.2) is 4.68 Å². The van der Waals surface area contributed by atoms with Crippen LogP contribution in [0.3, 0.4) is 0 Å². The summed E-state index contributed by atoms with van der Waals surface area (Å²) in [5.41, 5.74) is 1.18. The quantitative estimate of drug-likeness (QED) is 0.240. The molecule has 2 N–H and O–H groups in total. The predicted octanol–water partition coefficient (Wildman–Crippen LogP) is 2.94. The maximum atomic E-state index is 12.6. The Morgan fingerprint density at radius 1 is 0.972 bits per heavy atom. The minimum absolute atomic E-state index is 0.0626. The lowest BCUT2D eigenvalue weighted by atomic mass is 9.86. The van der Waals surface area contributed by atoms with Crippen LogP contribution < -0.4 is 5.32 Å². The number of benzene rings is 1. The van der Waals surface area contributed by atoms with Crippen molar-refractivity contribution in [2.75, 3.05) is 58.7 Å². The molecule has 0 bridgehead atoms. The molecule has 0 aliphatic rings. The van der Waals surface area contributed by atoms with Gasteiger partial charge in [-0.3, -0.25) is 9.59 Å². The van der Waals surface area contributed by atoms with E-state index >= 15 is 0 Å². The molecule has 1 amide bonds. The maximum absolute atomic E-state index is 12.6. The Labute approximate surface area is 210 Å². The molecule has 1 aromatic carbocycles. The zero-order valence-corrected chi connectivity index (χ0v) is 21.3. The fourth-order valence-corrected chi connectivity index (χ4v) is 3.31. The molecule has 2 aromatic heterocycles. The van der Waals surface area contributed by atoms with E-state index in [0.717, 1.165) is 10.9 Å². The van der Waals surface area contributed by atoms with Gasteiger partial charge in [0.1, 0.15) is 5.82 Å². The third kappa shape index (κ3) is 8.23. The SMILES string of the molecule is COCCOCCOCCOCCn1cc(C(=O)Nc2cc3cc(C(=O)C(C)(C)C)ccc3[nH]2)nn1. The van der Waals surface area contributed by atoms with E-state index in [1.54, 1.807) is 30.1 Å². The highest BCUT2D eigenvalue weighted by Gasteiger charge is 2.23. The van der Waals surface area contributed by atoms with Crippen LogP contribution in [0.15, 0.2) is 30.5 Å². The van der Waals surface area contributed by atoms with Crippen LogP contribution in [-0.2, 0) is 25.5 Å². The molecule has 0 aliphatic heterocycles. The lowest BCUT2D eigenvalue weighted by molar-refractivity contribution is 0.00244. The molecule has 3 aromatic rings. The first-order chi connectivity index (χ1) is 17.3. The number of amides is 1. The summed E-state index contributed by atoms with van der Waals surface area (Å²) < 4.78 is 22.7. The Kier molecular flexibility index (Phi) is 10.1. The number of aromatic amines is 1. The van der Waals surface area contributed by atoms with E-state index in [1.807, 2.05) is 32.9 Å². The number of hydrogen-bond donors (Lipinski definition) is 2. The van der Waals surface area contributed by atoms with Crippen molar-refractivity contribution in [3.8, 4) is 0 Å². The molecule has 3 rings (SSSR count). The Balaban J connectivity index is 1.40. The summed E-state index contributed by atoms with van der Waals surface area (Å²) >= 11 is 0. The highest BCUT2D eigenvalue weighted by molar-refractivity contribution is 6.05. The number of carbonyl (C=O) groups is 2. The number of nitrogens with zero attached hydrogens (tertiary/aromatic N) is 3. The summed E-state index contributed by atoms with van der Waals surface area (Å²) in [6, 6.07) is 7.24. The van der Waals surface area contributed by atoms with Crippen LogP contribution in [0, 0.1) is 5.41 Å². The first-order valence-corrected chi connectivity index (χ1v) is 11.9. The number of nitrogens with one attached hydrogen (secondary N) is 2. The van der Waals surface area contributed by atoms with E-state index in [0.29, 0.717) is 64.2 Å². The zero-order valence-electron chi connectivity index (χ0n) is 21.3. The van der Waals surface area contributed by atoms with E-state index < -0.39 is 5.41 Å². The number of rotatable bonds is 15. The summed E-state index contributed by atoms with van der Waals surface area (Å²) in [4.78, 5) is 28.3. The molecular formula is C25H35N5O6. The number of fused-ring (bicyclic) bond motifs is 1. The van der Waals surface area contributed by atoms with Crippen LogP contribution in [0.2, 0.25) is 0 Å². The van der Waals surface area contributed by atoms with Crippen LogP contribution in [0.1, 0.15) is 41.6 Å². The van der Waals surface area contributed by atoms with E-state index in [-0.39, 0.29) is 17.4 Å². The minimum atomic E-state index is -0.467. The second-order valence-corrected chi connectivity index (χ2v) is 9.22. The number of Topliss-reactive ketones (excluding diaryl/α,β-unsaturated/α-hetero) is 1. The van der Waals surface area contributed by atoms with Crippen molar-refractivity contribution in [2.24, 2.45) is 5.41 Å². The molecule has 0 saturated carbocycles. The Hall–Kier alpha value is -3.12. The van der Waals surface area contributed by atoms with Gasteiger partial charge in [-0.05, 0) is 24.3 Å². The van der Waals surface area contributed by atoms with Crippen molar-refractivity contribution in [2.45, 2.75) is 27.3 Å². The van der Waals surface area contributed by atoms with Crippen molar-refractivity contribution in [3.05, 3.63) is 41.7 Å². The number of hydrogen-bond acceptors (Lipinski definition) is 8. The molecule has 11 heteroatoms. The van der Waals surface area contributed by atoms with Gasteiger partial charge in [0.15, 0.2) is 11.5 Å². The first-order valence-electron chi connectivity index (χ1n) is 11.9. The predicted molar refractivity (Wildman–Crippen MR) is 134 cm³/mol. The van der Waals surface area contributed by atoms with E-state index in [4.69, 9.17) is 18.9 Å². The Morgan fingerprint density at radius 3 is 2.31 bits per heavy atom. The number of aromatic nitrogens is 4. The molecule has 196 valence electrons. The van der Waals surface area contributed by atoms with Crippen molar-refractivity contribution in [1.29, 1.82) is 0 Å². The van der Waals surface area contributed by atoms with Gasteiger partial charge in [0.05, 0.1) is 59.0 Å². The topological polar surface area (TPSA) is 130 Å². The number of ketones is 1. The lowest BCUT2D eigenvalue weighted by Crippen LogP contribution is -2.19. The van der Waals surface area contributed by atoms with Gasteiger partial charge in [-0.15, -0.1) is 5.10 Å². The van der Waals surface area contributed by atoms with E-state index in [2.05, 4.69) is 20.6 Å². The van der Waals surface area contributed by atoms with Crippen LogP contribution in [0.4, 0.5) is 5.82 Å². The van der Waals surface area contributed by atoms with Crippen LogP contribution in [0.5, 0.6) is 0 Å². The Morgan fingerprint density at radius 2 is 1.64 bits per heavy atom. The number of methoxy groups -OCH3 is 1. The summed E-state index contributed by atoms with van der Waals surface area (Å²) in [7, 11) is 1.63. The average molecular weight is 502 g/mol. The molecule has 11 nitrogen and oxygen atoms in total. The molecule has 36 heavy (non-hydrogen) atoms. The largest absolute Gasteiger partial charge is 0.382 e. The number of H-pyrrole nitrogens is 1. The fourth-order valence-electron chi connectivity index (χ4n) is 3.31. The summed E-state index contributed by atoms with van der Waals surface area (Å²) in [5, 5.41) is 11.5. The molecule has 0 atom stereocenters. The number of carbonyl (C=O) groups excluding carboxylic acids is 2. The van der Waals surface area contributed by atoms with Crippen LogP contribution in [0.25, 0.3) is 10.9 Å². The highest BCUT2D eigenvalue weighted by atomic mass is 16.6. The molecule has 2 heterocycles. The van der Waals surface area contributed by atoms with Crippen LogP contribution >= 0.6 is 0 Å². The summed E-state index contributed by atoms with van der Waals surface area (Å²) in [5.74, 6) is 0.186. The normalized spacial score (nSPS) is 11.8. The van der Waals surface area contributed by atoms with Crippen molar-refractivity contribution >= 4 is 28.4 Å². The highest BCUT2D eigenvalue weighted by Crippen LogP contribution is 2.25. The lowest BCUT2D eigenvalue weighted by Gasteiger charge is -2.16. The monoisotopic (exact) mass is 501 g/mol. The Bertz CT molecular complexity index is 1130. The second kappa shape index (κ2) is 13.3. The van der Waals surface area contributed by atoms with Crippen molar-refractivity contribution < 1.29 is 28.5 Å². The molecule has 0 radical (unpaired) electrons. The van der Waals surface area contributed by atoms with Crippen LogP contribution in [-0.4, -0.2) is 85.0 Å². The van der Waals surface area contributed by atoms with Gasteiger partial charge in [0.25, 0.3) is 5.91 Å². The molecule has 0 saturated heterocycles. The summed E-state index contributed by atoms with van der Waals surface area (Å²) in [6.45, 7) is 9.59. The van der Waals surface area contributed by atoms with Gasteiger partial charge in [-0.1, -0.05) is 26.0 Å². The van der Waals surface area contributed by atoms with Gasteiger partial charge in [0.2, 0.25) is 0 Å². The third-order valence-electron chi connectivity index (χ3n) is 5.22. The first kappa shape index (κ1) is 27.5. The molecular weight excluding hydrogens is 466 g/mol. The van der Waals surface area contributed by atoms with Gasteiger partial charge < -0.3 is 29.2 Å². The smallest absolute Gasteiger partial charge is 0.278 e. The molecule has 0 unspecified atom stereocenters. The van der Waals surface area contributed by atoms with Crippen molar-refractivity contribution in [1.82, 2.24) is 20.0 Å². The average Bonchev–Trinajstić information content (AvgIpc) is 3.47. The van der Waals surface area contributed by atoms with Gasteiger partial charge in [0, 0.05) is 29.0 Å². The molecule has 0 aliphatic carbocycles. The molecule has 0 spiro atoms. The molecule has 0 fully saturated rings. The van der Waals surface area contributed by atoms with E-state index in [1.165, 1.54) is 0 Å². The van der Waals surface area contributed by atoms with E-state index in [9.17, 15) is 9.59 Å². The second-order valence-electron chi connectivity index (χ2n) is 9.22. The minimum Gasteiger partial charge on any atom is -0.382 e. The fraction of sp³-hybridized carbons (Fsp3) is 0.520. The third-order valence-corrected chi connectivity index (χ3v) is 5.22. The zero-order chi connectivity index (χ0) is 26.0. The standard InChI is InChI=1S/C25H35N5O6/c1-25(2,3)23(31)18-5-6-20-19(15-18)16-22(26-20)27-24(32)21-17-30(29-28-21)7-8-34-11-12-36-14-13-35-10-9-33-4/h5-6,15-17,26H,7-14H2,1-4H3,(H,27,32). The van der Waals surface area contributed by atoms with Gasteiger partial charge >= 0.3 is 0 Å². The maximum Gasteiger partial charge on any atom is 0.278 e. The number of anilines is 1. The van der Waals surface area contributed by atoms with Crippen molar-refractivity contribution in [3.63, 3.8) is 0 Å². The van der Waals surface area contributed by atoms with Gasteiger partial charge in [-0.2, -0.15) is 0 Å². The summed E-state index contributed by atoms with van der Waals surface area (Å²) in [6.07, 6.45) is 1.56.